The minimum Gasteiger partial charge on any atom is -0.340 e. The molecule has 1 saturated heterocycles. The number of aromatic nitrogens is 3. The third kappa shape index (κ3) is 3.94. The van der Waals surface area contributed by atoms with Gasteiger partial charge >= 0.3 is 5.69 Å². The second kappa shape index (κ2) is 8.63. The molecule has 2 aromatic carbocycles. The quantitative estimate of drug-likeness (QED) is 0.467. The predicted octanol–water partition coefficient (Wildman–Crippen LogP) is 3.92. The lowest BCUT2D eigenvalue weighted by Crippen LogP contribution is -2.33. The lowest BCUT2D eigenvalue weighted by molar-refractivity contribution is -0.129. The standard InChI is InChI=1S/C25H23ClN4O2/c26-20-9-4-8-19(14-20)15-23(31)28-13-11-21(17-28)30-24-22(10-5-12-27-24)29(25(30)32)16-18-6-2-1-3-7-18/h1-10,12,14,21H,11,13,15-17H2/t21-/m1/s1. The zero-order valence-electron chi connectivity index (χ0n) is 17.5. The van der Waals surface area contributed by atoms with Crippen LogP contribution in [0.15, 0.2) is 77.7 Å². The zero-order chi connectivity index (χ0) is 22.1. The Morgan fingerprint density at radius 3 is 2.66 bits per heavy atom. The highest BCUT2D eigenvalue weighted by molar-refractivity contribution is 6.30. The number of hydrogen-bond donors (Lipinski definition) is 0. The molecule has 6 nitrogen and oxygen atoms in total. The van der Waals surface area contributed by atoms with Crippen molar-refractivity contribution in [3.8, 4) is 0 Å². The SMILES string of the molecule is O=C(Cc1cccc(Cl)c1)N1CC[C@@H](n2c(=O)n(Cc3ccccc3)c3cccnc32)C1. The highest BCUT2D eigenvalue weighted by atomic mass is 35.5. The topological polar surface area (TPSA) is 60.1 Å². The summed E-state index contributed by atoms with van der Waals surface area (Å²) in [4.78, 5) is 32.7. The minimum absolute atomic E-state index is 0.0452. The van der Waals surface area contributed by atoms with Gasteiger partial charge in [0.25, 0.3) is 0 Å². The maximum atomic E-state index is 13.5. The van der Waals surface area contributed by atoms with Gasteiger partial charge in [0, 0.05) is 24.3 Å². The van der Waals surface area contributed by atoms with Crippen LogP contribution in [0, 0.1) is 0 Å². The van der Waals surface area contributed by atoms with Crippen molar-refractivity contribution in [3.63, 3.8) is 0 Å². The number of rotatable bonds is 5. The Morgan fingerprint density at radius 1 is 1.03 bits per heavy atom. The van der Waals surface area contributed by atoms with Crippen LogP contribution in [0.25, 0.3) is 11.2 Å². The molecule has 162 valence electrons. The Bertz CT molecular complexity index is 1330. The summed E-state index contributed by atoms with van der Waals surface area (Å²) in [5, 5.41) is 0.624. The van der Waals surface area contributed by atoms with E-state index in [-0.39, 0.29) is 17.6 Å². The van der Waals surface area contributed by atoms with E-state index >= 15 is 0 Å². The molecular formula is C25H23ClN4O2. The molecule has 0 radical (unpaired) electrons. The summed E-state index contributed by atoms with van der Waals surface area (Å²) in [5.41, 5.74) is 3.34. The first-order valence-corrected chi connectivity index (χ1v) is 11.1. The van der Waals surface area contributed by atoms with Gasteiger partial charge in [-0.1, -0.05) is 54.1 Å². The van der Waals surface area contributed by atoms with E-state index < -0.39 is 0 Å². The molecular weight excluding hydrogens is 424 g/mol. The van der Waals surface area contributed by atoms with Crippen LogP contribution in [0.2, 0.25) is 5.02 Å². The fourth-order valence-electron chi connectivity index (χ4n) is 4.47. The number of imidazole rings is 1. The highest BCUT2D eigenvalue weighted by Crippen LogP contribution is 2.25. The number of hydrogen-bond acceptors (Lipinski definition) is 3. The van der Waals surface area contributed by atoms with Gasteiger partial charge < -0.3 is 4.90 Å². The van der Waals surface area contributed by atoms with Gasteiger partial charge in [-0.05, 0) is 41.8 Å². The Labute approximate surface area is 190 Å². The van der Waals surface area contributed by atoms with Crippen molar-refractivity contribution in [2.75, 3.05) is 13.1 Å². The summed E-state index contributed by atoms with van der Waals surface area (Å²) in [7, 11) is 0. The van der Waals surface area contributed by atoms with E-state index in [4.69, 9.17) is 11.6 Å². The second-order valence-corrected chi connectivity index (χ2v) is 8.60. The van der Waals surface area contributed by atoms with Crippen LogP contribution in [-0.2, 0) is 17.8 Å². The number of carbonyl (C=O) groups excluding carboxylic acids is 1. The Hall–Kier alpha value is -3.38. The first-order valence-electron chi connectivity index (χ1n) is 10.7. The van der Waals surface area contributed by atoms with E-state index in [9.17, 15) is 9.59 Å². The summed E-state index contributed by atoms with van der Waals surface area (Å²) < 4.78 is 3.54. The average Bonchev–Trinajstić information content (AvgIpc) is 3.38. The summed E-state index contributed by atoms with van der Waals surface area (Å²) in [6.45, 7) is 1.61. The normalized spacial score (nSPS) is 16.0. The predicted molar refractivity (Wildman–Crippen MR) is 125 cm³/mol. The van der Waals surface area contributed by atoms with Crippen molar-refractivity contribution in [2.45, 2.75) is 25.4 Å². The summed E-state index contributed by atoms with van der Waals surface area (Å²) in [6.07, 6.45) is 2.74. The molecule has 0 bridgehead atoms. The third-order valence-electron chi connectivity index (χ3n) is 6.03. The van der Waals surface area contributed by atoms with Crippen LogP contribution >= 0.6 is 11.6 Å². The van der Waals surface area contributed by atoms with Crippen molar-refractivity contribution in [3.05, 3.63) is 99.6 Å². The Kier molecular flexibility index (Phi) is 5.53. The summed E-state index contributed by atoms with van der Waals surface area (Å²) in [6, 6.07) is 21.0. The van der Waals surface area contributed by atoms with Gasteiger partial charge in [-0.3, -0.25) is 13.9 Å². The fourth-order valence-corrected chi connectivity index (χ4v) is 4.68. The van der Waals surface area contributed by atoms with E-state index in [1.807, 2.05) is 65.6 Å². The average molecular weight is 447 g/mol. The Morgan fingerprint density at radius 2 is 1.84 bits per heavy atom. The monoisotopic (exact) mass is 446 g/mol. The number of benzene rings is 2. The maximum absolute atomic E-state index is 13.5. The number of amides is 1. The molecule has 0 unspecified atom stereocenters. The summed E-state index contributed by atoms with van der Waals surface area (Å²) >= 11 is 6.05. The molecule has 32 heavy (non-hydrogen) atoms. The maximum Gasteiger partial charge on any atom is 0.330 e. The van der Waals surface area contributed by atoms with Crippen LogP contribution < -0.4 is 5.69 Å². The van der Waals surface area contributed by atoms with E-state index in [1.165, 1.54) is 0 Å². The summed E-state index contributed by atoms with van der Waals surface area (Å²) in [5.74, 6) is 0.0452. The van der Waals surface area contributed by atoms with E-state index in [0.717, 1.165) is 23.1 Å². The molecule has 1 aliphatic heterocycles. The van der Waals surface area contributed by atoms with Crippen LogP contribution in [0.4, 0.5) is 0 Å². The molecule has 0 N–H and O–H groups in total. The highest BCUT2D eigenvalue weighted by Gasteiger charge is 2.31. The van der Waals surface area contributed by atoms with Crippen molar-refractivity contribution in [1.29, 1.82) is 0 Å². The number of likely N-dealkylation sites (tertiary alicyclic amines) is 1. The van der Waals surface area contributed by atoms with E-state index in [2.05, 4.69) is 4.98 Å². The lowest BCUT2D eigenvalue weighted by Gasteiger charge is -2.17. The van der Waals surface area contributed by atoms with Crippen LogP contribution in [0.1, 0.15) is 23.6 Å². The van der Waals surface area contributed by atoms with Gasteiger partial charge in [0.1, 0.15) is 0 Å². The van der Waals surface area contributed by atoms with Gasteiger partial charge in [0.2, 0.25) is 5.91 Å². The van der Waals surface area contributed by atoms with Crippen molar-refractivity contribution >= 4 is 28.7 Å². The van der Waals surface area contributed by atoms with E-state index in [1.54, 1.807) is 21.4 Å². The fraction of sp³-hybridized carbons (Fsp3) is 0.240. The van der Waals surface area contributed by atoms with Crippen LogP contribution in [0.3, 0.4) is 0 Å². The van der Waals surface area contributed by atoms with Crippen LogP contribution in [0.5, 0.6) is 0 Å². The molecule has 1 fully saturated rings. The first kappa shape index (κ1) is 20.5. The number of nitrogens with zero attached hydrogens (tertiary/aromatic N) is 4. The van der Waals surface area contributed by atoms with Gasteiger partial charge in [-0.2, -0.15) is 0 Å². The molecule has 0 saturated carbocycles. The Balaban J connectivity index is 1.41. The molecule has 1 atom stereocenters. The number of pyridine rings is 1. The molecule has 2 aromatic heterocycles. The largest absolute Gasteiger partial charge is 0.340 e. The van der Waals surface area contributed by atoms with Gasteiger partial charge in [-0.15, -0.1) is 0 Å². The zero-order valence-corrected chi connectivity index (χ0v) is 18.3. The number of carbonyl (C=O) groups is 1. The minimum atomic E-state index is -0.0970. The lowest BCUT2D eigenvalue weighted by atomic mass is 10.1. The third-order valence-corrected chi connectivity index (χ3v) is 6.27. The second-order valence-electron chi connectivity index (χ2n) is 8.16. The van der Waals surface area contributed by atoms with Crippen molar-refractivity contribution in [2.24, 2.45) is 0 Å². The first-order chi connectivity index (χ1) is 15.6. The molecule has 1 aliphatic rings. The molecule has 0 aliphatic carbocycles. The van der Waals surface area contributed by atoms with Crippen molar-refractivity contribution in [1.82, 2.24) is 19.0 Å². The van der Waals surface area contributed by atoms with Crippen molar-refractivity contribution < 1.29 is 4.79 Å². The van der Waals surface area contributed by atoms with Gasteiger partial charge in [0.15, 0.2) is 5.65 Å². The molecule has 3 heterocycles. The molecule has 0 spiro atoms. The number of fused-ring (bicyclic) bond motifs is 1. The van der Waals surface area contributed by atoms with E-state index in [0.29, 0.717) is 36.7 Å². The molecule has 1 amide bonds. The van der Waals surface area contributed by atoms with Gasteiger partial charge in [0.05, 0.1) is 24.5 Å². The molecule has 5 rings (SSSR count). The molecule has 4 aromatic rings. The molecule has 7 heteroatoms. The van der Waals surface area contributed by atoms with Crippen LogP contribution in [-0.4, -0.2) is 38.0 Å². The smallest absolute Gasteiger partial charge is 0.330 e. The number of halogens is 1. The van der Waals surface area contributed by atoms with Gasteiger partial charge in [-0.25, -0.2) is 9.78 Å².